The molecule has 1 N–H and O–H groups in total. The Balaban J connectivity index is 2.01. The first kappa shape index (κ1) is 11.1. The maximum Gasteiger partial charge on any atom is 0.257 e. The lowest BCUT2D eigenvalue weighted by Crippen LogP contribution is -2.46. The van der Waals surface area contributed by atoms with Crippen LogP contribution in [0.25, 0.3) is 0 Å². The van der Waals surface area contributed by atoms with Crippen molar-refractivity contribution in [1.82, 2.24) is 20.0 Å². The molecule has 0 atom stereocenters. The molecule has 0 unspecified atom stereocenters. The summed E-state index contributed by atoms with van der Waals surface area (Å²) in [6, 6.07) is 0. The highest BCUT2D eigenvalue weighted by Gasteiger charge is 2.18. The van der Waals surface area contributed by atoms with Crippen LogP contribution in [0, 0.1) is 0 Å². The number of amides is 1. The third-order valence-electron chi connectivity index (χ3n) is 2.60. The largest absolute Gasteiger partial charge is 0.336 e. The molecule has 1 aliphatic rings. The van der Waals surface area contributed by atoms with Crippen molar-refractivity contribution in [3.8, 4) is 0 Å². The summed E-state index contributed by atoms with van der Waals surface area (Å²) < 4.78 is 13.5. The van der Waals surface area contributed by atoms with Crippen molar-refractivity contribution < 1.29 is 9.18 Å². The number of halogens is 1. The van der Waals surface area contributed by atoms with Crippen molar-refractivity contribution in [3.05, 3.63) is 18.0 Å². The lowest BCUT2D eigenvalue weighted by Gasteiger charge is -2.26. The number of hydrogen-bond donors (Lipinski definition) is 1. The number of piperazine rings is 1. The average molecular weight is 226 g/mol. The Bertz CT molecular complexity index is 359. The monoisotopic (exact) mass is 226 g/mol. The summed E-state index contributed by atoms with van der Waals surface area (Å²) in [6.45, 7) is 2.81. The number of alkyl halides is 1. The van der Waals surface area contributed by atoms with Crippen LogP contribution in [0.5, 0.6) is 0 Å². The fourth-order valence-corrected chi connectivity index (χ4v) is 1.73. The van der Waals surface area contributed by atoms with E-state index < -0.39 is 6.67 Å². The van der Waals surface area contributed by atoms with E-state index in [4.69, 9.17) is 0 Å². The van der Waals surface area contributed by atoms with E-state index in [1.54, 1.807) is 11.1 Å². The third kappa shape index (κ3) is 2.38. The molecule has 1 aromatic rings. The molecule has 0 spiro atoms. The fraction of sp³-hybridized carbons (Fsp3) is 0.600. The van der Waals surface area contributed by atoms with E-state index in [2.05, 4.69) is 10.4 Å². The van der Waals surface area contributed by atoms with Crippen molar-refractivity contribution in [1.29, 1.82) is 0 Å². The first-order valence-corrected chi connectivity index (χ1v) is 5.39. The molecular weight excluding hydrogens is 211 g/mol. The van der Waals surface area contributed by atoms with Crippen LogP contribution in [0.4, 0.5) is 4.39 Å². The van der Waals surface area contributed by atoms with E-state index >= 15 is 0 Å². The van der Waals surface area contributed by atoms with Crippen molar-refractivity contribution in [2.75, 3.05) is 32.9 Å². The lowest BCUT2D eigenvalue weighted by atomic mass is 10.2. The second-order valence-corrected chi connectivity index (χ2v) is 3.72. The molecule has 1 fully saturated rings. The molecule has 88 valence electrons. The topological polar surface area (TPSA) is 50.2 Å². The molecule has 5 nitrogen and oxygen atoms in total. The van der Waals surface area contributed by atoms with Crippen LogP contribution in [0.2, 0.25) is 0 Å². The minimum absolute atomic E-state index is 0.0217. The summed E-state index contributed by atoms with van der Waals surface area (Å²) in [6.07, 6.45) is 3.10. The van der Waals surface area contributed by atoms with Crippen molar-refractivity contribution in [2.45, 2.75) is 6.54 Å². The highest BCUT2D eigenvalue weighted by molar-refractivity contribution is 5.93. The number of rotatable bonds is 3. The van der Waals surface area contributed by atoms with Gasteiger partial charge in [-0.05, 0) is 0 Å². The summed E-state index contributed by atoms with van der Waals surface area (Å²) in [5.74, 6) is -0.0217. The average Bonchev–Trinajstić information content (AvgIpc) is 2.78. The number of hydrogen-bond acceptors (Lipinski definition) is 3. The first-order chi connectivity index (χ1) is 7.81. The summed E-state index contributed by atoms with van der Waals surface area (Å²) in [5.41, 5.74) is 0.537. The van der Waals surface area contributed by atoms with E-state index in [1.165, 1.54) is 10.9 Å². The quantitative estimate of drug-likeness (QED) is 0.783. The Morgan fingerprint density at radius 3 is 2.94 bits per heavy atom. The van der Waals surface area contributed by atoms with Crippen LogP contribution < -0.4 is 5.32 Å². The van der Waals surface area contributed by atoms with Gasteiger partial charge < -0.3 is 10.2 Å². The molecule has 1 amide bonds. The second kappa shape index (κ2) is 5.07. The van der Waals surface area contributed by atoms with Gasteiger partial charge in [-0.3, -0.25) is 9.48 Å². The number of nitrogens with zero attached hydrogens (tertiary/aromatic N) is 3. The third-order valence-corrected chi connectivity index (χ3v) is 2.60. The SMILES string of the molecule is O=C(c1cnn(CCF)c1)N1CCNCC1. The highest BCUT2D eigenvalue weighted by atomic mass is 19.1. The summed E-state index contributed by atoms with van der Waals surface area (Å²) >= 11 is 0. The van der Waals surface area contributed by atoms with Gasteiger partial charge in [0, 0.05) is 32.4 Å². The summed E-state index contributed by atoms with van der Waals surface area (Å²) in [4.78, 5) is 13.8. The van der Waals surface area contributed by atoms with Gasteiger partial charge in [0.2, 0.25) is 0 Å². The summed E-state index contributed by atoms with van der Waals surface area (Å²) in [7, 11) is 0. The van der Waals surface area contributed by atoms with E-state index in [1.807, 2.05) is 0 Å². The lowest BCUT2D eigenvalue weighted by molar-refractivity contribution is 0.0735. The normalized spacial score (nSPS) is 16.4. The zero-order chi connectivity index (χ0) is 11.4. The van der Waals surface area contributed by atoms with E-state index in [9.17, 15) is 9.18 Å². The van der Waals surface area contributed by atoms with Gasteiger partial charge in [0.15, 0.2) is 0 Å². The highest BCUT2D eigenvalue weighted by Crippen LogP contribution is 2.05. The molecule has 16 heavy (non-hydrogen) atoms. The van der Waals surface area contributed by atoms with Crippen LogP contribution in [0.1, 0.15) is 10.4 Å². The molecule has 0 aliphatic carbocycles. The van der Waals surface area contributed by atoms with E-state index in [0.29, 0.717) is 18.7 Å². The van der Waals surface area contributed by atoms with Crippen LogP contribution >= 0.6 is 0 Å². The zero-order valence-electron chi connectivity index (χ0n) is 9.03. The molecule has 2 rings (SSSR count). The Kier molecular flexibility index (Phi) is 3.51. The maximum atomic E-state index is 12.1. The number of carbonyl (C=O) groups is 1. The molecule has 0 bridgehead atoms. The number of aromatic nitrogens is 2. The van der Waals surface area contributed by atoms with Crippen molar-refractivity contribution >= 4 is 5.91 Å². The van der Waals surface area contributed by atoms with E-state index in [0.717, 1.165) is 13.1 Å². The predicted octanol–water partition coefficient (Wildman–Crippen LogP) is -0.102. The van der Waals surface area contributed by atoms with Crippen LogP contribution in [-0.4, -0.2) is 53.4 Å². The first-order valence-electron chi connectivity index (χ1n) is 5.39. The molecule has 0 saturated carbocycles. The van der Waals surface area contributed by atoms with Crippen molar-refractivity contribution in [3.63, 3.8) is 0 Å². The van der Waals surface area contributed by atoms with Gasteiger partial charge in [-0.2, -0.15) is 5.10 Å². The maximum absolute atomic E-state index is 12.1. The van der Waals surface area contributed by atoms with Gasteiger partial charge >= 0.3 is 0 Å². The van der Waals surface area contributed by atoms with Gasteiger partial charge in [-0.25, -0.2) is 4.39 Å². The van der Waals surface area contributed by atoms with Gasteiger partial charge in [-0.1, -0.05) is 0 Å². The van der Waals surface area contributed by atoms with Gasteiger partial charge in [0.25, 0.3) is 5.91 Å². The van der Waals surface area contributed by atoms with Gasteiger partial charge in [0.1, 0.15) is 6.67 Å². The van der Waals surface area contributed by atoms with Gasteiger partial charge in [-0.15, -0.1) is 0 Å². The number of carbonyl (C=O) groups excluding carboxylic acids is 1. The molecule has 2 heterocycles. The number of aryl methyl sites for hydroxylation is 1. The van der Waals surface area contributed by atoms with Gasteiger partial charge in [0.05, 0.1) is 18.3 Å². The van der Waals surface area contributed by atoms with Crippen LogP contribution in [-0.2, 0) is 6.54 Å². The molecule has 1 saturated heterocycles. The molecule has 0 radical (unpaired) electrons. The zero-order valence-corrected chi connectivity index (χ0v) is 9.03. The Labute approximate surface area is 93.2 Å². The second-order valence-electron chi connectivity index (χ2n) is 3.72. The predicted molar refractivity (Wildman–Crippen MR) is 57.0 cm³/mol. The fourth-order valence-electron chi connectivity index (χ4n) is 1.73. The molecule has 0 aromatic carbocycles. The van der Waals surface area contributed by atoms with Crippen LogP contribution in [0.3, 0.4) is 0 Å². The molecular formula is C10H15FN4O. The number of nitrogens with one attached hydrogen (secondary N) is 1. The Morgan fingerprint density at radius 2 is 2.25 bits per heavy atom. The minimum Gasteiger partial charge on any atom is -0.336 e. The van der Waals surface area contributed by atoms with Crippen molar-refractivity contribution in [2.24, 2.45) is 0 Å². The van der Waals surface area contributed by atoms with Crippen LogP contribution in [0.15, 0.2) is 12.4 Å². The molecule has 1 aliphatic heterocycles. The smallest absolute Gasteiger partial charge is 0.257 e. The molecule has 6 heteroatoms. The summed E-state index contributed by atoms with van der Waals surface area (Å²) in [5, 5.41) is 7.12. The standard InChI is InChI=1S/C10H15FN4O/c11-1-4-15-8-9(7-13-15)10(16)14-5-2-12-3-6-14/h7-8,12H,1-6H2. The Morgan fingerprint density at radius 1 is 1.50 bits per heavy atom. The Hall–Kier alpha value is -1.43. The molecule has 1 aromatic heterocycles. The van der Waals surface area contributed by atoms with E-state index in [-0.39, 0.29) is 12.5 Å². The minimum atomic E-state index is -0.469.